The lowest BCUT2D eigenvalue weighted by Crippen LogP contribution is -2.53. The van der Waals surface area contributed by atoms with E-state index >= 15 is 0 Å². The number of aryl methyl sites for hydroxylation is 1. The lowest BCUT2D eigenvalue weighted by atomic mass is 9.85. The van der Waals surface area contributed by atoms with Gasteiger partial charge >= 0.3 is 5.97 Å². The van der Waals surface area contributed by atoms with Crippen molar-refractivity contribution in [1.82, 2.24) is 20.0 Å². The van der Waals surface area contributed by atoms with Crippen LogP contribution < -0.4 is 5.32 Å². The zero-order valence-corrected chi connectivity index (χ0v) is 14.9. The summed E-state index contributed by atoms with van der Waals surface area (Å²) in [6.07, 6.45) is 4.09. The summed E-state index contributed by atoms with van der Waals surface area (Å²) < 4.78 is 1.92. The van der Waals surface area contributed by atoms with Gasteiger partial charge < -0.3 is 10.4 Å². The van der Waals surface area contributed by atoms with Crippen LogP contribution >= 0.6 is 0 Å². The second-order valence-corrected chi connectivity index (χ2v) is 6.68. The average molecular weight is 342 g/mol. The van der Waals surface area contributed by atoms with Crippen LogP contribution in [-0.4, -0.2) is 50.9 Å². The van der Waals surface area contributed by atoms with E-state index in [2.05, 4.69) is 16.6 Å². The van der Waals surface area contributed by atoms with Gasteiger partial charge in [0.15, 0.2) is 0 Å². The molecule has 0 bridgehead atoms. The lowest BCUT2D eigenvalue weighted by Gasteiger charge is -2.42. The Balaban J connectivity index is 1.51. The molecule has 6 nitrogen and oxygen atoms in total. The van der Waals surface area contributed by atoms with E-state index in [-0.39, 0.29) is 6.54 Å². The number of nitrogens with zero attached hydrogens (tertiary/aromatic N) is 3. The number of carbonyl (C=O) groups is 1. The minimum atomic E-state index is -0.748. The number of hydrogen-bond acceptors (Lipinski definition) is 4. The fourth-order valence-corrected chi connectivity index (χ4v) is 3.36. The van der Waals surface area contributed by atoms with E-state index in [0.717, 1.165) is 37.3 Å². The van der Waals surface area contributed by atoms with Gasteiger partial charge in [0.05, 0.1) is 17.9 Å². The van der Waals surface area contributed by atoms with E-state index in [1.165, 1.54) is 5.56 Å². The van der Waals surface area contributed by atoms with Crippen LogP contribution in [0.4, 0.5) is 0 Å². The first-order valence-electron chi connectivity index (χ1n) is 8.86. The first kappa shape index (κ1) is 17.6. The molecule has 134 valence electrons. The van der Waals surface area contributed by atoms with Crippen LogP contribution in [0, 0.1) is 6.92 Å². The molecular weight excluding hydrogens is 316 g/mol. The molecule has 1 aliphatic rings. The normalized spacial score (nSPS) is 19.8. The summed E-state index contributed by atoms with van der Waals surface area (Å²) in [4.78, 5) is 12.9. The Hall–Kier alpha value is -2.18. The molecular formula is C19H26N4O2. The first-order chi connectivity index (χ1) is 12.1. The number of aromatic nitrogens is 2. The summed E-state index contributed by atoms with van der Waals surface area (Å²) in [5.41, 5.74) is 3.30. The van der Waals surface area contributed by atoms with E-state index < -0.39 is 5.97 Å². The SMILES string of the molecule is CCN(CC(=O)O)C1CC(NCc2cn(-c3ccccc3)nc2C)C1. The monoisotopic (exact) mass is 342 g/mol. The number of benzene rings is 1. The number of hydrogen-bond donors (Lipinski definition) is 2. The molecule has 1 saturated carbocycles. The van der Waals surface area contributed by atoms with E-state index in [1.807, 2.05) is 53.8 Å². The van der Waals surface area contributed by atoms with E-state index in [9.17, 15) is 4.79 Å². The molecule has 0 radical (unpaired) electrons. The second-order valence-electron chi connectivity index (χ2n) is 6.68. The van der Waals surface area contributed by atoms with Crippen LogP contribution in [0.15, 0.2) is 36.5 Å². The van der Waals surface area contributed by atoms with Crippen molar-refractivity contribution in [3.63, 3.8) is 0 Å². The highest BCUT2D eigenvalue weighted by atomic mass is 16.4. The van der Waals surface area contributed by atoms with Gasteiger partial charge in [-0.2, -0.15) is 5.10 Å². The van der Waals surface area contributed by atoms with Crippen molar-refractivity contribution in [1.29, 1.82) is 0 Å². The van der Waals surface area contributed by atoms with Gasteiger partial charge in [0.2, 0.25) is 0 Å². The van der Waals surface area contributed by atoms with Crippen LogP contribution in [-0.2, 0) is 11.3 Å². The summed E-state index contributed by atoms with van der Waals surface area (Å²) in [5, 5.41) is 17.1. The molecule has 1 aromatic heterocycles. The Morgan fingerprint density at radius 2 is 2.08 bits per heavy atom. The number of para-hydroxylation sites is 1. The zero-order valence-electron chi connectivity index (χ0n) is 14.9. The first-order valence-corrected chi connectivity index (χ1v) is 8.86. The molecule has 1 fully saturated rings. The van der Waals surface area contributed by atoms with Crippen molar-refractivity contribution in [2.24, 2.45) is 0 Å². The minimum absolute atomic E-state index is 0.136. The van der Waals surface area contributed by atoms with E-state index in [1.54, 1.807) is 0 Å². The molecule has 25 heavy (non-hydrogen) atoms. The molecule has 2 aromatic rings. The van der Waals surface area contributed by atoms with Crippen molar-refractivity contribution in [2.75, 3.05) is 13.1 Å². The molecule has 1 aliphatic carbocycles. The van der Waals surface area contributed by atoms with Gasteiger partial charge in [0.25, 0.3) is 0 Å². The topological polar surface area (TPSA) is 70.4 Å². The number of aliphatic carboxylic acids is 1. The van der Waals surface area contributed by atoms with Crippen molar-refractivity contribution >= 4 is 5.97 Å². The Labute approximate surface area is 148 Å². The molecule has 0 amide bonds. The highest BCUT2D eigenvalue weighted by molar-refractivity contribution is 5.69. The molecule has 6 heteroatoms. The van der Waals surface area contributed by atoms with Gasteiger partial charge in [0.1, 0.15) is 0 Å². The maximum atomic E-state index is 10.9. The number of nitrogens with one attached hydrogen (secondary N) is 1. The third-order valence-corrected chi connectivity index (χ3v) is 4.98. The number of rotatable bonds is 8. The third-order valence-electron chi connectivity index (χ3n) is 4.98. The third kappa shape index (κ3) is 4.27. The average Bonchev–Trinajstić information content (AvgIpc) is 2.93. The minimum Gasteiger partial charge on any atom is -0.480 e. The fourth-order valence-electron chi connectivity index (χ4n) is 3.36. The molecule has 0 atom stereocenters. The highest BCUT2D eigenvalue weighted by Gasteiger charge is 2.33. The van der Waals surface area contributed by atoms with E-state index in [4.69, 9.17) is 5.11 Å². The molecule has 1 heterocycles. The molecule has 1 aromatic carbocycles. The van der Waals surface area contributed by atoms with Crippen molar-refractivity contribution in [2.45, 2.75) is 45.3 Å². The molecule has 3 rings (SSSR count). The number of carboxylic acid groups (broad SMARTS) is 1. The van der Waals surface area contributed by atoms with Crippen LogP contribution in [0.2, 0.25) is 0 Å². The predicted molar refractivity (Wildman–Crippen MR) is 96.8 cm³/mol. The van der Waals surface area contributed by atoms with Gasteiger partial charge in [-0.3, -0.25) is 9.69 Å². The summed E-state index contributed by atoms with van der Waals surface area (Å²) in [6, 6.07) is 10.9. The van der Waals surface area contributed by atoms with Crippen LogP contribution in [0.3, 0.4) is 0 Å². The maximum absolute atomic E-state index is 10.9. The largest absolute Gasteiger partial charge is 0.480 e. The van der Waals surface area contributed by atoms with Gasteiger partial charge in [-0.05, 0) is 38.4 Å². The van der Waals surface area contributed by atoms with E-state index in [0.29, 0.717) is 12.1 Å². The number of carboxylic acids is 1. The van der Waals surface area contributed by atoms with Crippen LogP contribution in [0.1, 0.15) is 31.0 Å². The quantitative estimate of drug-likeness (QED) is 0.770. The van der Waals surface area contributed by atoms with Crippen molar-refractivity contribution in [3.8, 4) is 5.69 Å². The van der Waals surface area contributed by atoms with Crippen LogP contribution in [0.25, 0.3) is 5.69 Å². The molecule has 2 N–H and O–H groups in total. The molecule has 0 unspecified atom stereocenters. The van der Waals surface area contributed by atoms with Gasteiger partial charge in [-0.1, -0.05) is 25.1 Å². The van der Waals surface area contributed by atoms with Crippen molar-refractivity contribution in [3.05, 3.63) is 47.8 Å². The fraction of sp³-hybridized carbons (Fsp3) is 0.474. The van der Waals surface area contributed by atoms with Crippen LogP contribution in [0.5, 0.6) is 0 Å². The molecule has 0 spiro atoms. The predicted octanol–water partition coefficient (Wildman–Crippen LogP) is 2.21. The van der Waals surface area contributed by atoms with Gasteiger partial charge in [0, 0.05) is 30.4 Å². The summed E-state index contributed by atoms with van der Waals surface area (Å²) >= 11 is 0. The zero-order chi connectivity index (χ0) is 17.8. The van der Waals surface area contributed by atoms with Gasteiger partial charge in [-0.25, -0.2) is 4.68 Å². The van der Waals surface area contributed by atoms with Crippen molar-refractivity contribution < 1.29 is 9.90 Å². The summed E-state index contributed by atoms with van der Waals surface area (Å²) in [5.74, 6) is -0.748. The molecule has 0 aliphatic heterocycles. The smallest absolute Gasteiger partial charge is 0.317 e. The Morgan fingerprint density at radius 1 is 1.36 bits per heavy atom. The summed E-state index contributed by atoms with van der Waals surface area (Å²) in [6.45, 7) is 5.77. The number of likely N-dealkylation sites (N-methyl/N-ethyl adjacent to an activating group) is 1. The molecule has 0 saturated heterocycles. The Bertz CT molecular complexity index is 707. The highest BCUT2D eigenvalue weighted by Crippen LogP contribution is 2.26. The second kappa shape index (κ2) is 7.80. The lowest BCUT2D eigenvalue weighted by molar-refractivity contribution is -0.139. The summed E-state index contributed by atoms with van der Waals surface area (Å²) in [7, 11) is 0. The van der Waals surface area contributed by atoms with Gasteiger partial charge in [-0.15, -0.1) is 0 Å². The standard InChI is InChI=1S/C19H26N4O2/c1-3-22(13-19(24)25)18-9-16(10-18)20-11-15-12-23(21-14(15)2)17-7-5-4-6-8-17/h4-8,12,16,18,20H,3,9-11,13H2,1-2H3,(H,24,25). The Morgan fingerprint density at radius 3 is 2.72 bits per heavy atom. The Kier molecular flexibility index (Phi) is 5.50. The maximum Gasteiger partial charge on any atom is 0.317 e.